The Morgan fingerprint density at radius 3 is 2.62 bits per heavy atom. The number of benzene rings is 1. The summed E-state index contributed by atoms with van der Waals surface area (Å²) in [4.78, 5) is 9.67. The van der Waals surface area contributed by atoms with Crippen LogP contribution in [-0.4, -0.2) is 16.1 Å². The first-order chi connectivity index (χ1) is 7.45. The van der Waals surface area contributed by atoms with E-state index in [9.17, 15) is 24.0 Å². The van der Waals surface area contributed by atoms with Gasteiger partial charge in [0.1, 0.15) is 5.82 Å². The minimum absolute atomic E-state index is 0.128. The van der Waals surface area contributed by atoms with Crippen LogP contribution >= 0.6 is 0 Å². The highest BCUT2D eigenvalue weighted by atomic mass is 19.1. The zero-order valence-electron chi connectivity index (χ0n) is 8.61. The van der Waals surface area contributed by atoms with E-state index in [-0.39, 0.29) is 12.0 Å². The average Bonchev–Trinajstić information content (AvgIpc) is 2.15. The lowest BCUT2D eigenvalue weighted by atomic mass is 10.0. The van der Waals surface area contributed by atoms with Crippen molar-refractivity contribution in [2.45, 2.75) is 25.9 Å². The number of aliphatic hydroxyl groups is 1. The van der Waals surface area contributed by atoms with Gasteiger partial charge in [-0.1, -0.05) is 6.92 Å². The van der Waals surface area contributed by atoms with Crippen molar-refractivity contribution in [3.63, 3.8) is 0 Å². The first-order valence-electron chi connectivity index (χ1n) is 4.76. The molecule has 1 aromatic rings. The van der Waals surface area contributed by atoms with Crippen LogP contribution in [0.4, 0.5) is 14.5 Å². The molecule has 88 valence electrons. The number of nitro benzene ring substituents is 1. The summed E-state index contributed by atoms with van der Waals surface area (Å²) in [7, 11) is 0. The van der Waals surface area contributed by atoms with Gasteiger partial charge in [-0.05, 0) is 12.5 Å². The lowest BCUT2D eigenvalue weighted by molar-refractivity contribution is -0.388. The summed E-state index contributed by atoms with van der Waals surface area (Å²) in [5.74, 6) is -2.11. The summed E-state index contributed by atoms with van der Waals surface area (Å²) in [6.07, 6.45) is -0.628. The molecule has 1 unspecified atom stereocenters. The quantitative estimate of drug-likeness (QED) is 0.638. The van der Waals surface area contributed by atoms with E-state index in [1.165, 1.54) is 0 Å². The summed E-state index contributed by atoms with van der Waals surface area (Å²) in [6.45, 7) is 1.67. The lowest BCUT2D eigenvalue weighted by Gasteiger charge is -2.08. The molecule has 0 amide bonds. The summed E-state index contributed by atoms with van der Waals surface area (Å²) >= 11 is 0. The highest BCUT2D eigenvalue weighted by Gasteiger charge is 2.23. The van der Waals surface area contributed by atoms with E-state index in [1.807, 2.05) is 0 Å². The summed E-state index contributed by atoms with van der Waals surface area (Å²) in [5.41, 5.74) is -0.897. The number of halogens is 2. The molecule has 0 spiro atoms. The highest BCUT2D eigenvalue weighted by Crippen LogP contribution is 2.25. The Bertz CT molecular complexity index is 409. The van der Waals surface area contributed by atoms with Crippen molar-refractivity contribution in [2.75, 3.05) is 0 Å². The molecular weight excluding hydrogens is 220 g/mol. The Balaban J connectivity index is 3.19. The Labute approximate surface area is 90.7 Å². The molecule has 1 atom stereocenters. The van der Waals surface area contributed by atoms with Gasteiger partial charge in [0, 0.05) is 18.1 Å². The van der Waals surface area contributed by atoms with Crippen LogP contribution in [0.5, 0.6) is 0 Å². The molecule has 1 aromatic carbocycles. The summed E-state index contributed by atoms with van der Waals surface area (Å²) < 4.78 is 26.0. The van der Waals surface area contributed by atoms with Crippen LogP contribution in [0.15, 0.2) is 12.1 Å². The number of nitro groups is 1. The van der Waals surface area contributed by atoms with Crippen LogP contribution in [0.2, 0.25) is 0 Å². The minimum Gasteiger partial charge on any atom is -0.393 e. The number of hydrogen-bond acceptors (Lipinski definition) is 3. The van der Waals surface area contributed by atoms with Crippen LogP contribution in [0, 0.1) is 21.7 Å². The Morgan fingerprint density at radius 1 is 1.50 bits per heavy atom. The van der Waals surface area contributed by atoms with E-state index >= 15 is 0 Å². The van der Waals surface area contributed by atoms with Crippen molar-refractivity contribution in [3.05, 3.63) is 39.4 Å². The Hall–Kier alpha value is -1.56. The van der Waals surface area contributed by atoms with Gasteiger partial charge >= 0.3 is 5.69 Å². The molecule has 0 aliphatic heterocycles. The summed E-state index contributed by atoms with van der Waals surface area (Å²) in [5, 5.41) is 19.9. The molecule has 0 bridgehead atoms. The van der Waals surface area contributed by atoms with Crippen LogP contribution in [-0.2, 0) is 6.42 Å². The predicted molar refractivity (Wildman–Crippen MR) is 53.0 cm³/mol. The smallest absolute Gasteiger partial charge is 0.308 e. The van der Waals surface area contributed by atoms with Gasteiger partial charge in [-0.25, -0.2) is 4.39 Å². The van der Waals surface area contributed by atoms with Crippen LogP contribution in [0.25, 0.3) is 0 Å². The Kier molecular flexibility index (Phi) is 3.89. The fourth-order valence-electron chi connectivity index (χ4n) is 1.38. The van der Waals surface area contributed by atoms with E-state index in [2.05, 4.69) is 0 Å². The average molecular weight is 231 g/mol. The molecule has 16 heavy (non-hydrogen) atoms. The monoisotopic (exact) mass is 231 g/mol. The third-order valence-corrected chi connectivity index (χ3v) is 2.22. The molecule has 4 nitrogen and oxygen atoms in total. The standard InChI is InChI=1S/C10H11F2NO3/c1-2-8(14)4-6-3-7(11)5-9(12)10(6)13(15)16/h3,5,8,14H,2,4H2,1H3. The van der Waals surface area contributed by atoms with E-state index in [1.54, 1.807) is 6.92 Å². The fraction of sp³-hybridized carbons (Fsp3) is 0.400. The summed E-state index contributed by atoms with van der Waals surface area (Å²) in [6, 6.07) is 1.33. The molecule has 6 heteroatoms. The first kappa shape index (κ1) is 12.5. The first-order valence-corrected chi connectivity index (χ1v) is 4.76. The van der Waals surface area contributed by atoms with Gasteiger partial charge in [0.2, 0.25) is 5.82 Å². The lowest BCUT2D eigenvalue weighted by Crippen LogP contribution is -2.11. The third-order valence-electron chi connectivity index (χ3n) is 2.22. The number of aliphatic hydroxyl groups excluding tert-OH is 1. The number of hydrogen-bond donors (Lipinski definition) is 1. The van der Waals surface area contributed by atoms with Gasteiger partial charge < -0.3 is 5.11 Å². The second-order valence-corrected chi connectivity index (χ2v) is 3.42. The zero-order valence-corrected chi connectivity index (χ0v) is 8.61. The molecule has 0 aliphatic carbocycles. The fourth-order valence-corrected chi connectivity index (χ4v) is 1.38. The SMILES string of the molecule is CCC(O)Cc1cc(F)cc(F)c1[N+](=O)[O-]. The predicted octanol–water partition coefficient (Wildman–Crippen LogP) is 2.19. The number of nitrogens with zero attached hydrogens (tertiary/aromatic N) is 1. The molecule has 0 aliphatic rings. The normalized spacial score (nSPS) is 12.5. The third kappa shape index (κ3) is 2.73. The van der Waals surface area contributed by atoms with E-state index in [4.69, 9.17) is 0 Å². The molecule has 0 saturated carbocycles. The topological polar surface area (TPSA) is 63.4 Å². The van der Waals surface area contributed by atoms with Crippen LogP contribution in [0.1, 0.15) is 18.9 Å². The maximum atomic E-state index is 13.2. The molecule has 0 aromatic heterocycles. The van der Waals surface area contributed by atoms with Crippen molar-refractivity contribution in [3.8, 4) is 0 Å². The molecule has 0 fully saturated rings. The van der Waals surface area contributed by atoms with Crippen molar-refractivity contribution >= 4 is 5.69 Å². The van der Waals surface area contributed by atoms with Crippen LogP contribution in [0.3, 0.4) is 0 Å². The van der Waals surface area contributed by atoms with E-state index in [0.29, 0.717) is 12.5 Å². The van der Waals surface area contributed by atoms with Crippen molar-refractivity contribution in [2.24, 2.45) is 0 Å². The van der Waals surface area contributed by atoms with Crippen molar-refractivity contribution < 1.29 is 18.8 Å². The zero-order chi connectivity index (χ0) is 12.3. The maximum absolute atomic E-state index is 13.2. The molecule has 0 heterocycles. The molecule has 0 saturated heterocycles. The molecular formula is C10H11F2NO3. The van der Waals surface area contributed by atoms with Crippen molar-refractivity contribution in [1.82, 2.24) is 0 Å². The molecule has 1 rings (SSSR count). The van der Waals surface area contributed by atoms with Crippen LogP contribution < -0.4 is 0 Å². The highest BCUT2D eigenvalue weighted by molar-refractivity contribution is 5.42. The van der Waals surface area contributed by atoms with Gasteiger partial charge in [0.15, 0.2) is 0 Å². The van der Waals surface area contributed by atoms with E-state index in [0.717, 1.165) is 6.07 Å². The molecule has 0 radical (unpaired) electrons. The molecule has 1 N–H and O–H groups in total. The second kappa shape index (κ2) is 4.98. The largest absolute Gasteiger partial charge is 0.393 e. The Morgan fingerprint density at radius 2 is 2.12 bits per heavy atom. The second-order valence-electron chi connectivity index (χ2n) is 3.42. The van der Waals surface area contributed by atoms with E-state index < -0.39 is 28.3 Å². The van der Waals surface area contributed by atoms with Gasteiger partial charge in [0.05, 0.1) is 11.0 Å². The van der Waals surface area contributed by atoms with Gasteiger partial charge in [0.25, 0.3) is 0 Å². The van der Waals surface area contributed by atoms with Gasteiger partial charge in [-0.2, -0.15) is 4.39 Å². The van der Waals surface area contributed by atoms with Crippen molar-refractivity contribution in [1.29, 1.82) is 0 Å². The number of rotatable bonds is 4. The maximum Gasteiger partial charge on any atom is 0.308 e. The van der Waals surface area contributed by atoms with Gasteiger partial charge in [-0.15, -0.1) is 0 Å². The minimum atomic E-state index is -1.22. The van der Waals surface area contributed by atoms with Gasteiger partial charge in [-0.3, -0.25) is 10.1 Å².